The first kappa shape index (κ1) is 13.1. The van der Waals surface area contributed by atoms with E-state index >= 15 is 0 Å². The Morgan fingerprint density at radius 1 is 0.682 bits per heavy atom. The van der Waals surface area contributed by atoms with Crippen LogP contribution < -0.4 is 4.74 Å². The SMILES string of the molecule is COc1ccc2c(ccc3c(C)c4ccccc4c(C)c32)c1. The maximum absolute atomic E-state index is 5.36. The fraction of sp³-hybridized carbons (Fsp3) is 0.143. The molecule has 4 aromatic carbocycles. The number of methoxy groups -OCH3 is 1. The van der Waals surface area contributed by atoms with E-state index in [1.807, 2.05) is 6.07 Å². The highest BCUT2D eigenvalue weighted by Gasteiger charge is 2.11. The number of aryl methyl sites for hydroxylation is 2. The van der Waals surface area contributed by atoms with Crippen LogP contribution >= 0.6 is 0 Å². The monoisotopic (exact) mass is 286 g/mol. The van der Waals surface area contributed by atoms with E-state index in [4.69, 9.17) is 4.74 Å². The smallest absolute Gasteiger partial charge is 0.119 e. The molecule has 0 aliphatic rings. The average molecular weight is 286 g/mol. The van der Waals surface area contributed by atoms with Crippen molar-refractivity contribution >= 4 is 32.3 Å². The molecule has 1 nitrogen and oxygen atoms in total. The molecule has 0 amide bonds. The summed E-state index contributed by atoms with van der Waals surface area (Å²) < 4.78 is 5.36. The zero-order valence-corrected chi connectivity index (χ0v) is 13.1. The lowest BCUT2D eigenvalue weighted by atomic mass is 9.90. The van der Waals surface area contributed by atoms with E-state index in [0.717, 1.165) is 5.75 Å². The Balaban J connectivity index is 2.26. The van der Waals surface area contributed by atoms with E-state index in [1.165, 1.54) is 43.4 Å². The quantitative estimate of drug-likeness (QED) is 0.319. The highest BCUT2D eigenvalue weighted by atomic mass is 16.5. The molecule has 0 saturated carbocycles. The average Bonchev–Trinajstić information content (AvgIpc) is 2.58. The predicted octanol–water partition coefficient (Wildman–Crippen LogP) is 5.77. The number of hydrogen-bond donors (Lipinski definition) is 0. The van der Waals surface area contributed by atoms with E-state index in [9.17, 15) is 0 Å². The molecule has 1 heteroatoms. The summed E-state index contributed by atoms with van der Waals surface area (Å²) in [6.07, 6.45) is 0. The van der Waals surface area contributed by atoms with E-state index in [2.05, 4.69) is 62.4 Å². The minimum Gasteiger partial charge on any atom is -0.497 e. The first-order valence-electron chi connectivity index (χ1n) is 7.59. The van der Waals surface area contributed by atoms with Gasteiger partial charge in [0.25, 0.3) is 0 Å². The number of fused-ring (bicyclic) bond motifs is 4. The van der Waals surface area contributed by atoms with Gasteiger partial charge in [0.1, 0.15) is 5.75 Å². The molecular weight excluding hydrogens is 268 g/mol. The van der Waals surface area contributed by atoms with Crippen molar-refractivity contribution in [2.24, 2.45) is 0 Å². The molecule has 4 rings (SSSR count). The molecule has 0 saturated heterocycles. The van der Waals surface area contributed by atoms with Crippen LogP contribution in [0.3, 0.4) is 0 Å². The lowest BCUT2D eigenvalue weighted by molar-refractivity contribution is 0.415. The van der Waals surface area contributed by atoms with Crippen LogP contribution in [0, 0.1) is 13.8 Å². The lowest BCUT2D eigenvalue weighted by Gasteiger charge is -2.14. The third-order valence-corrected chi connectivity index (χ3v) is 4.74. The van der Waals surface area contributed by atoms with Gasteiger partial charge in [-0.15, -0.1) is 0 Å². The predicted molar refractivity (Wildman–Crippen MR) is 95.0 cm³/mol. The van der Waals surface area contributed by atoms with Gasteiger partial charge in [-0.3, -0.25) is 0 Å². The van der Waals surface area contributed by atoms with Gasteiger partial charge in [0, 0.05) is 0 Å². The van der Waals surface area contributed by atoms with Crippen LogP contribution in [0.2, 0.25) is 0 Å². The normalized spacial score (nSPS) is 11.4. The Labute approximate surface area is 130 Å². The molecule has 22 heavy (non-hydrogen) atoms. The first-order chi connectivity index (χ1) is 10.7. The van der Waals surface area contributed by atoms with Crippen LogP contribution in [0.25, 0.3) is 32.3 Å². The zero-order valence-electron chi connectivity index (χ0n) is 13.1. The van der Waals surface area contributed by atoms with E-state index in [1.54, 1.807) is 7.11 Å². The highest BCUT2D eigenvalue weighted by Crippen LogP contribution is 2.37. The molecule has 0 fully saturated rings. The number of ether oxygens (including phenoxy) is 1. The molecule has 0 spiro atoms. The highest BCUT2D eigenvalue weighted by molar-refractivity contribution is 6.16. The maximum Gasteiger partial charge on any atom is 0.119 e. The molecule has 0 N–H and O–H groups in total. The molecule has 4 aromatic rings. The minimum absolute atomic E-state index is 0.905. The van der Waals surface area contributed by atoms with Crippen molar-refractivity contribution in [2.45, 2.75) is 13.8 Å². The van der Waals surface area contributed by atoms with Gasteiger partial charge in [0.05, 0.1) is 7.11 Å². The fourth-order valence-electron chi connectivity index (χ4n) is 3.57. The molecule has 0 aromatic heterocycles. The van der Waals surface area contributed by atoms with Crippen LogP contribution in [0.15, 0.2) is 54.6 Å². The van der Waals surface area contributed by atoms with Crippen molar-refractivity contribution in [1.29, 1.82) is 0 Å². The summed E-state index contributed by atoms with van der Waals surface area (Å²) in [7, 11) is 1.71. The third kappa shape index (κ3) is 1.72. The minimum atomic E-state index is 0.905. The molecule has 0 bridgehead atoms. The van der Waals surface area contributed by atoms with Crippen molar-refractivity contribution in [2.75, 3.05) is 7.11 Å². The number of hydrogen-bond acceptors (Lipinski definition) is 1. The van der Waals surface area contributed by atoms with Crippen molar-refractivity contribution in [3.8, 4) is 5.75 Å². The van der Waals surface area contributed by atoms with Crippen LogP contribution in [0.4, 0.5) is 0 Å². The molecule has 0 heterocycles. The number of rotatable bonds is 1. The van der Waals surface area contributed by atoms with Gasteiger partial charge in [-0.25, -0.2) is 0 Å². The van der Waals surface area contributed by atoms with Gasteiger partial charge >= 0.3 is 0 Å². The van der Waals surface area contributed by atoms with Crippen LogP contribution in [0.1, 0.15) is 11.1 Å². The molecule has 0 atom stereocenters. The van der Waals surface area contributed by atoms with Gasteiger partial charge in [-0.1, -0.05) is 42.5 Å². The summed E-state index contributed by atoms with van der Waals surface area (Å²) in [5.41, 5.74) is 2.71. The van der Waals surface area contributed by atoms with Crippen LogP contribution in [0.5, 0.6) is 5.75 Å². The Morgan fingerprint density at radius 3 is 2.09 bits per heavy atom. The van der Waals surface area contributed by atoms with Crippen LogP contribution in [-0.4, -0.2) is 7.11 Å². The Bertz CT molecular complexity index is 1030. The second kappa shape index (κ2) is 4.74. The lowest BCUT2D eigenvalue weighted by Crippen LogP contribution is -1.90. The molecule has 0 unspecified atom stereocenters. The molecule has 0 aliphatic heterocycles. The van der Waals surface area contributed by atoms with Crippen molar-refractivity contribution in [3.05, 3.63) is 65.7 Å². The molecule has 0 radical (unpaired) electrons. The number of benzene rings is 4. The van der Waals surface area contributed by atoms with Gasteiger partial charge in [0.2, 0.25) is 0 Å². The summed E-state index contributed by atoms with van der Waals surface area (Å²) >= 11 is 0. The van der Waals surface area contributed by atoms with Crippen molar-refractivity contribution in [3.63, 3.8) is 0 Å². The van der Waals surface area contributed by atoms with Crippen molar-refractivity contribution < 1.29 is 4.74 Å². The Morgan fingerprint density at radius 2 is 1.36 bits per heavy atom. The second-order valence-corrected chi connectivity index (χ2v) is 5.87. The zero-order chi connectivity index (χ0) is 15.3. The Kier molecular flexibility index (Phi) is 2.83. The topological polar surface area (TPSA) is 9.23 Å². The Hall–Kier alpha value is -2.54. The first-order valence-corrected chi connectivity index (χ1v) is 7.59. The van der Waals surface area contributed by atoms with Crippen molar-refractivity contribution in [1.82, 2.24) is 0 Å². The molecular formula is C21H18O. The summed E-state index contributed by atoms with van der Waals surface area (Å²) in [6, 6.07) is 19.4. The van der Waals surface area contributed by atoms with Gasteiger partial charge in [-0.2, -0.15) is 0 Å². The van der Waals surface area contributed by atoms with Gasteiger partial charge < -0.3 is 4.74 Å². The maximum atomic E-state index is 5.36. The standard InChI is InChI=1S/C21H18O/c1-13-17-6-4-5-7-18(17)14(2)21-19(13)10-8-15-12-16(22-3)9-11-20(15)21/h4-12H,1-3H3. The van der Waals surface area contributed by atoms with Gasteiger partial charge in [-0.05, 0) is 69.4 Å². The fourth-order valence-corrected chi connectivity index (χ4v) is 3.57. The van der Waals surface area contributed by atoms with E-state index in [0.29, 0.717) is 0 Å². The van der Waals surface area contributed by atoms with E-state index < -0.39 is 0 Å². The second-order valence-electron chi connectivity index (χ2n) is 5.87. The summed E-state index contributed by atoms with van der Waals surface area (Å²) in [4.78, 5) is 0. The van der Waals surface area contributed by atoms with E-state index in [-0.39, 0.29) is 0 Å². The summed E-state index contributed by atoms with van der Waals surface area (Å²) in [5.74, 6) is 0.905. The summed E-state index contributed by atoms with van der Waals surface area (Å²) in [5, 5.41) is 7.91. The largest absolute Gasteiger partial charge is 0.497 e. The van der Waals surface area contributed by atoms with Gasteiger partial charge in [0.15, 0.2) is 0 Å². The third-order valence-electron chi connectivity index (χ3n) is 4.74. The molecule has 0 aliphatic carbocycles. The van der Waals surface area contributed by atoms with Crippen LogP contribution in [-0.2, 0) is 0 Å². The molecule has 108 valence electrons. The summed E-state index contributed by atoms with van der Waals surface area (Å²) in [6.45, 7) is 4.45.